The SMILES string of the molecule is CC(=O)C1=CC[C@H]2[C@@H]3CC=C4C[C@H](O[C@H]5O[C@@H](CO)[C@H](O)[C@@H](O[C@H]6O[C@@H](C)[C@H](O[C@H]7O[C@@H](CO)[C@H](O)[C@@H](O)[C@@H]7O)[C@@H](O)[C@@H]6O)[C@@H]5O[C@H]5O[C@@H](C)[C@H](O)[C@@H](O)[C@@H]5O)CC[C@]4(C)[C@H]3CC[C@@]12C. The Morgan fingerprint density at radius 1 is 0.585 bits per heavy atom. The maximum absolute atomic E-state index is 12.6. The van der Waals surface area contributed by atoms with Crippen LogP contribution < -0.4 is 0 Å². The molecule has 0 radical (unpaired) electrons. The van der Waals surface area contributed by atoms with Crippen molar-refractivity contribution in [3.05, 3.63) is 23.3 Å². The molecule has 0 unspecified atom stereocenters. The Hall–Kier alpha value is -1.61. The minimum absolute atomic E-state index is 0.120. The summed E-state index contributed by atoms with van der Waals surface area (Å²) >= 11 is 0. The maximum Gasteiger partial charge on any atom is 0.187 e. The zero-order chi connectivity index (χ0) is 47.0. The summed E-state index contributed by atoms with van der Waals surface area (Å²) in [5.41, 5.74) is 1.96. The summed E-state index contributed by atoms with van der Waals surface area (Å²) < 4.78 is 48.4. The van der Waals surface area contributed by atoms with Crippen LogP contribution in [0.3, 0.4) is 0 Å². The molecule has 4 heterocycles. The van der Waals surface area contributed by atoms with Crippen LogP contribution in [-0.4, -0.2) is 204 Å². The van der Waals surface area contributed by atoms with Crippen LogP contribution in [0.5, 0.6) is 0 Å². The largest absolute Gasteiger partial charge is 0.394 e. The molecule has 0 aromatic rings. The Morgan fingerprint density at radius 2 is 1.14 bits per heavy atom. The summed E-state index contributed by atoms with van der Waals surface area (Å²) in [5.74, 6) is 1.36. The topological polar surface area (TPSA) is 313 Å². The third kappa shape index (κ3) is 8.84. The van der Waals surface area contributed by atoms with E-state index in [2.05, 4.69) is 26.0 Å². The summed E-state index contributed by atoms with van der Waals surface area (Å²) in [4.78, 5) is 12.6. The van der Waals surface area contributed by atoms with Crippen LogP contribution in [0.25, 0.3) is 0 Å². The summed E-state index contributed by atoms with van der Waals surface area (Å²) in [6.45, 7) is 7.68. The van der Waals surface area contributed by atoms with Gasteiger partial charge >= 0.3 is 0 Å². The normalized spacial score (nSPS) is 53.6. The van der Waals surface area contributed by atoms with Crippen molar-refractivity contribution in [3.63, 3.8) is 0 Å². The van der Waals surface area contributed by atoms with Gasteiger partial charge in [0.25, 0.3) is 0 Å². The van der Waals surface area contributed by atoms with Gasteiger partial charge in [-0.3, -0.25) is 4.79 Å². The Kier molecular flexibility index (Phi) is 14.8. The van der Waals surface area contributed by atoms with E-state index in [0.29, 0.717) is 30.6 Å². The average molecular weight is 931 g/mol. The number of rotatable bonds is 11. The van der Waals surface area contributed by atoms with Crippen LogP contribution in [0.15, 0.2) is 23.3 Å². The molecule has 0 aromatic heterocycles. The molecule has 4 aliphatic carbocycles. The van der Waals surface area contributed by atoms with Gasteiger partial charge in [-0.05, 0) is 99.9 Å². The van der Waals surface area contributed by atoms with Gasteiger partial charge in [-0.25, -0.2) is 0 Å². The molecule has 20 nitrogen and oxygen atoms in total. The summed E-state index contributed by atoms with van der Waals surface area (Å²) in [5, 5.41) is 118. The van der Waals surface area contributed by atoms with Gasteiger partial charge in [0, 0.05) is 0 Å². The molecular weight excluding hydrogens is 860 g/mol. The number of fused-ring (bicyclic) bond motifs is 5. The zero-order valence-electron chi connectivity index (χ0n) is 37.5. The molecule has 2 saturated carbocycles. The summed E-state index contributed by atoms with van der Waals surface area (Å²) in [6, 6.07) is 0. The van der Waals surface area contributed by atoms with Crippen molar-refractivity contribution in [2.75, 3.05) is 13.2 Å². The van der Waals surface area contributed by atoms with Crippen LogP contribution in [0.4, 0.5) is 0 Å². The lowest BCUT2D eigenvalue weighted by Crippen LogP contribution is -2.67. The lowest BCUT2D eigenvalue weighted by Gasteiger charge is -2.58. The van der Waals surface area contributed by atoms with Gasteiger partial charge in [-0.1, -0.05) is 31.6 Å². The lowest BCUT2D eigenvalue weighted by atomic mass is 9.47. The van der Waals surface area contributed by atoms with E-state index in [4.69, 9.17) is 37.9 Å². The van der Waals surface area contributed by atoms with Gasteiger partial charge in [-0.2, -0.15) is 0 Å². The third-order valence-electron chi connectivity index (χ3n) is 16.5. The second-order valence-corrected chi connectivity index (χ2v) is 20.2. The van der Waals surface area contributed by atoms with E-state index in [1.807, 2.05) is 0 Å². The first kappa shape index (κ1) is 49.8. The van der Waals surface area contributed by atoms with E-state index in [1.165, 1.54) is 19.4 Å². The van der Waals surface area contributed by atoms with Crippen molar-refractivity contribution in [2.45, 2.75) is 208 Å². The average Bonchev–Trinajstić information content (AvgIpc) is 3.64. The smallest absolute Gasteiger partial charge is 0.187 e. The third-order valence-corrected chi connectivity index (χ3v) is 16.5. The van der Waals surface area contributed by atoms with E-state index < -0.39 is 142 Å². The number of ketones is 1. The van der Waals surface area contributed by atoms with Crippen molar-refractivity contribution < 1.29 is 98.9 Å². The maximum atomic E-state index is 12.6. The van der Waals surface area contributed by atoms with E-state index in [9.17, 15) is 61.0 Å². The molecule has 0 spiro atoms. The minimum Gasteiger partial charge on any atom is -0.394 e. The Labute approximate surface area is 377 Å². The number of allylic oxidation sites excluding steroid dienone is 3. The molecule has 0 aromatic carbocycles. The van der Waals surface area contributed by atoms with Gasteiger partial charge in [-0.15, -0.1) is 0 Å². The Morgan fingerprint density at radius 3 is 1.80 bits per heavy atom. The van der Waals surface area contributed by atoms with Gasteiger partial charge in [0.15, 0.2) is 30.9 Å². The van der Waals surface area contributed by atoms with Crippen LogP contribution in [0.1, 0.15) is 79.6 Å². The number of hydrogen-bond acceptors (Lipinski definition) is 20. The molecule has 26 atom stereocenters. The monoisotopic (exact) mass is 930 g/mol. The quantitative estimate of drug-likeness (QED) is 0.0979. The predicted octanol–water partition coefficient (Wildman–Crippen LogP) is -2.21. The number of aliphatic hydroxyl groups excluding tert-OH is 11. The second kappa shape index (κ2) is 19.3. The highest BCUT2D eigenvalue weighted by Gasteiger charge is 2.59. The number of carbonyl (C=O) groups excluding carboxylic acids is 1. The predicted molar refractivity (Wildman–Crippen MR) is 220 cm³/mol. The zero-order valence-corrected chi connectivity index (χ0v) is 37.5. The number of carbonyl (C=O) groups is 1. The molecule has 0 amide bonds. The van der Waals surface area contributed by atoms with Gasteiger partial charge < -0.3 is 94.1 Å². The molecule has 11 N–H and O–H groups in total. The summed E-state index contributed by atoms with van der Waals surface area (Å²) in [7, 11) is 0. The fraction of sp³-hybridized carbons (Fsp3) is 0.889. The first-order valence-electron chi connectivity index (χ1n) is 23.2. The number of hydrogen-bond donors (Lipinski definition) is 11. The van der Waals surface area contributed by atoms with E-state index >= 15 is 0 Å². The molecule has 8 aliphatic rings. The van der Waals surface area contributed by atoms with Crippen molar-refractivity contribution in [3.8, 4) is 0 Å². The molecule has 20 heteroatoms. The molecule has 8 rings (SSSR count). The van der Waals surface area contributed by atoms with E-state index in [0.717, 1.165) is 37.7 Å². The first-order valence-corrected chi connectivity index (χ1v) is 23.2. The molecular formula is C45H70O20. The van der Waals surface area contributed by atoms with Gasteiger partial charge in [0.2, 0.25) is 0 Å². The van der Waals surface area contributed by atoms with Gasteiger partial charge in [0.1, 0.15) is 85.5 Å². The Bertz CT molecular complexity index is 1750. The van der Waals surface area contributed by atoms with Crippen molar-refractivity contribution in [1.82, 2.24) is 0 Å². The minimum atomic E-state index is -1.93. The molecule has 6 fully saturated rings. The molecule has 4 aliphatic heterocycles. The standard InChI is InChI=1S/C45H70O20/c1-17(48)23-8-9-24-22-7-6-20-14-21(10-12-44(20,4)25(22)11-13-45(23,24)5)60-43-39(65-40-34(55)31(52)28(49)18(2)58-40)38(30(51)27(16-47)62-43)64-41-36(57)33(54)37(19(3)59-41)63-42-35(56)32(53)29(50)26(15-46)61-42/h6,8,18-19,21-22,24-43,46-47,49-57H,7,9-16H2,1-5H3/t18-,19-,21+,22-,24-,25-,26-,27-,28-,29-,30-,31+,32+,33-,34-,35-,36-,37-,38+,39-,40+,41+,42+,43-,44-,45-/m0/s1. The van der Waals surface area contributed by atoms with E-state index in [1.54, 1.807) is 6.92 Å². The van der Waals surface area contributed by atoms with Crippen LogP contribution in [0.2, 0.25) is 0 Å². The van der Waals surface area contributed by atoms with E-state index in [-0.39, 0.29) is 16.6 Å². The highest BCUT2D eigenvalue weighted by atomic mass is 16.8. The van der Waals surface area contributed by atoms with Crippen LogP contribution in [-0.2, 0) is 42.7 Å². The van der Waals surface area contributed by atoms with Crippen molar-refractivity contribution in [2.24, 2.45) is 28.6 Å². The summed E-state index contributed by atoms with van der Waals surface area (Å²) in [6.07, 6.45) is -22.0. The van der Waals surface area contributed by atoms with Gasteiger partial charge in [0.05, 0.1) is 31.5 Å². The molecule has 0 bridgehead atoms. The molecule has 65 heavy (non-hydrogen) atoms. The van der Waals surface area contributed by atoms with Crippen LogP contribution >= 0.6 is 0 Å². The Balaban J connectivity index is 1.02. The number of aliphatic hydroxyl groups is 11. The number of ether oxygens (including phenoxy) is 8. The lowest BCUT2D eigenvalue weighted by molar-refractivity contribution is -0.398. The highest BCUT2D eigenvalue weighted by molar-refractivity contribution is 5.95. The second-order valence-electron chi connectivity index (χ2n) is 20.2. The highest BCUT2D eigenvalue weighted by Crippen LogP contribution is 2.65. The van der Waals surface area contributed by atoms with Crippen LogP contribution in [0, 0.1) is 28.6 Å². The first-order chi connectivity index (χ1) is 30.7. The fourth-order valence-corrected chi connectivity index (χ4v) is 12.6. The van der Waals surface area contributed by atoms with Crippen molar-refractivity contribution >= 4 is 5.78 Å². The van der Waals surface area contributed by atoms with Crippen molar-refractivity contribution in [1.29, 1.82) is 0 Å². The molecule has 4 saturated heterocycles. The molecule has 370 valence electrons. The fourth-order valence-electron chi connectivity index (χ4n) is 12.6. The number of Topliss-reactive ketones (excluding diaryl/α,β-unsaturated/α-hetero) is 1.